The highest BCUT2D eigenvalue weighted by Crippen LogP contribution is 2.44. The van der Waals surface area contributed by atoms with E-state index in [2.05, 4.69) is 35.6 Å². The summed E-state index contributed by atoms with van der Waals surface area (Å²) in [6.45, 7) is 17.3. The van der Waals surface area contributed by atoms with Crippen LogP contribution in [0.4, 0.5) is 5.95 Å². The standard InChI is InChI=1S/C33H40ClN5O3S/c1-19(2)38-15-16-39(21(4)18-38)32-35-14-13-24(37-32)30-36-25-17-20(3)26(28(31(40)41-8)42-33(5,6)7)27(29(25)43-30)22-9-11-23(34)12-10-22/h9-14,17,19,21,28H,15-16,18H2,1-8H3/t21-,28?/m1/s1. The summed E-state index contributed by atoms with van der Waals surface area (Å²) in [6, 6.07) is 12.4. The van der Waals surface area contributed by atoms with Crippen molar-refractivity contribution < 1.29 is 14.3 Å². The molecule has 10 heteroatoms. The van der Waals surface area contributed by atoms with Crippen molar-refractivity contribution in [3.05, 3.63) is 58.7 Å². The molecule has 43 heavy (non-hydrogen) atoms. The average molecular weight is 622 g/mol. The van der Waals surface area contributed by atoms with Crippen molar-refractivity contribution in [3.63, 3.8) is 0 Å². The van der Waals surface area contributed by atoms with E-state index in [1.54, 1.807) is 11.3 Å². The number of ether oxygens (including phenoxy) is 2. The van der Waals surface area contributed by atoms with E-state index in [0.717, 1.165) is 62.8 Å². The predicted molar refractivity (Wildman–Crippen MR) is 175 cm³/mol. The van der Waals surface area contributed by atoms with Gasteiger partial charge in [-0.1, -0.05) is 23.7 Å². The summed E-state index contributed by atoms with van der Waals surface area (Å²) < 4.78 is 12.5. The fourth-order valence-electron chi connectivity index (χ4n) is 5.61. The fraction of sp³-hybridized carbons (Fsp3) is 0.455. The maximum absolute atomic E-state index is 13.2. The third kappa shape index (κ3) is 6.70. The zero-order valence-corrected chi connectivity index (χ0v) is 27.7. The second-order valence-electron chi connectivity index (χ2n) is 12.4. The first-order chi connectivity index (χ1) is 20.4. The molecule has 0 saturated carbocycles. The Labute approximate surface area is 263 Å². The molecule has 3 heterocycles. The molecule has 2 atom stereocenters. The number of thiazole rings is 1. The van der Waals surface area contributed by atoms with Gasteiger partial charge in [-0.25, -0.2) is 19.7 Å². The third-order valence-electron chi connectivity index (χ3n) is 7.72. The number of nitrogens with zero attached hydrogens (tertiary/aromatic N) is 5. The van der Waals surface area contributed by atoms with E-state index >= 15 is 0 Å². The van der Waals surface area contributed by atoms with Gasteiger partial charge in [0.15, 0.2) is 6.10 Å². The Hall–Kier alpha value is -3.11. The van der Waals surface area contributed by atoms with Crippen LogP contribution in [-0.4, -0.2) is 70.2 Å². The van der Waals surface area contributed by atoms with Crippen LogP contribution in [0.25, 0.3) is 32.0 Å². The van der Waals surface area contributed by atoms with Crippen molar-refractivity contribution in [2.75, 3.05) is 31.6 Å². The second kappa shape index (κ2) is 12.5. The molecule has 0 aliphatic carbocycles. The van der Waals surface area contributed by atoms with Gasteiger partial charge in [0.1, 0.15) is 10.7 Å². The van der Waals surface area contributed by atoms with E-state index in [9.17, 15) is 4.79 Å². The number of hydrogen-bond donors (Lipinski definition) is 0. The molecule has 4 aromatic rings. The maximum atomic E-state index is 13.2. The van der Waals surface area contributed by atoms with E-state index in [0.29, 0.717) is 23.1 Å². The number of halogens is 1. The molecule has 0 spiro atoms. The molecule has 228 valence electrons. The number of hydrogen-bond acceptors (Lipinski definition) is 9. The quantitative estimate of drug-likeness (QED) is 0.198. The molecular formula is C33H40ClN5O3S. The first-order valence-corrected chi connectivity index (χ1v) is 15.9. The van der Waals surface area contributed by atoms with Crippen LogP contribution < -0.4 is 4.90 Å². The van der Waals surface area contributed by atoms with Crippen molar-refractivity contribution in [2.24, 2.45) is 0 Å². The number of esters is 1. The number of benzene rings is 2. The van der Waals surface area contributed by atoms with E-state index in [1.165, 1.54) is 7.11 Å². The van der Waals surface area contributed by atoms with Gasteiger partial charge in [0, 0.05) is 54.1 Å². The molecule has 0 amide bonds. The Morgan fingerprint density at radius 3 is 2.47 bits per heavy atom. The summed E-state index contributed by atoms with van der Waals surface area (Å²) in [5.74, 6) is 0.260. The van der Waals surface area contributed by atoms with Crippen molar-refractivity contribution in [2.45, 2.75) is 72.3 Å². The van der Waals surface area contributed by atoms with Crippen LogP contribution in [0.1, 0.15) is 58.8 Å². The minimum absolute atomic E-state index is 0.293. The zero-order chi connectivity index (χ0) is 31.1. The molecule has 5 rings (SSSR count). The number of rotatable bonds is 7. The Morgan fingerprint density at radius 2 is 1.84 bits per heavy atom. The lowest BCUT2D eigenvalue weighted by Gasteiger charge is -2.41. The summed E-state index contributed by atoms with van der Waals surface area (Å²) in [4.78, 5) is 32.7. The lowest BCUT2D eigenvalue weighted by atomic mass is 9.91. The first-order valence-electron chi connectivity index (χ1n) is 14.7. The normalized spacial score (nSPS) is 17.1. The number of aryl methyl sites for hydroxylation is 1. The number of carbonyl (C=O) groups is 1. The van der Waals surface area contributed by atoms with Gasteiger partial charge in [0.25, 0.3) is 0 Å². The smallest absolute Gasteiger partial charge is 0.339 e. The van der Waals surface area contributed by atoms with Gasteiger partial charge in [-0.15, -0.1) is 11.3 Å². The van der Waals surface area contributed by atoms with Crippen LogP contribution in [0.15, 0.2) is 42.6 Å². The maximum Gasteiger partial charge on any atom is 0.339 e. The number of carbonyl (C=O) groups excluding carboxylic acids is 1. The third-order valence-corrected chi connectivity index (χ3v) is 9.08. The van der Waals surface area contributed by atoms with Crippen molar-refractivity contribution in [1.82, 2.24) is 19.9 Å². The summed E-state index contributed by atoms with van der Waals surface area (Å²) in [5, 5.41) is 1.41. The molecular weight excluding hydrogens is 582 g/mol. The molecule has 1 fully saturated rings. The molecule has 1 aliphatic rings. The largest absolute Gasteiger partial charge is 0.467 e. The lowest BCUT2D eigenvalue weighted by molar-refractivity contribution is -0.164. The first kappa shape index (κ1) is 31.3. The molecule has 1 unspecified atom stereocenters. The van der Waals surface area contributed by atoms with Gasteiger partial charge >= 0.3 is 5.97 Å². The van der Waals surface area contributed by atoms with Crippen molar-refractivity contribution in [1.29, 1.82) is 0 Å². The summed E-state index contributed by atoms with van der Waals surface area (Å²) in [5.41, 5.74) is 4.43. The molecule has 0 radical (unpaired) electrons. The van der Waals surface area contributed by atoms with E-state index < -0.39 is 17.7 Å². The van der Waals surface area contributed by atoms with Gasteiger partial charge in [-0.2, -0.15) is 0 Å². The molecule has 0 N–H and O–H groups in total. The van der Waals surface area contributed by atoms with Gasteiger partial charge in [-0.05, 0) is 83.9 Å². The molecule has 1 saturated heterocycles. The highest BCUT2D eigenvalue weighted by molar-refractivity contribution is 7.22. The topological polar surface area (TPSA) is 80.7 Å². The van der Waals surface area contributed by atoms with Crippen LogP contribution in [-0.2, 0) is 14.3 Å². The van der Waals surface area contributed by atoms with Crippen molar-refractivity contribution >= 4 is 45.1 Å². The Morgan fingerprint density at radius 1 is 1.12 bits per heavy atom. The number of anilines is 1. The highest BCUT2D eigenvalue weighted by Gasteiger charge is 2.33. The molecule has 0 bridgehead atoms. The fourth-order valence-corrected chi connectivity index (χ4v) is 6.83. The Bertz CT molecular complexity index is 1620. The number of methoxy groups -OCH3 is 1. The van der Waals surface area contributed by atoms with Crippen LogP contribution in [0.3, 0.4) is 0 Å². The second-order valence-corrected chi connectivity index (χ2v) is 13.8. The Kier molecular flexibility index (Phi) is 9.09. The van der Waals surface area contributed by atoms with E-state index in [-0.39, 0.29) is 0 Å². The van der Waals surface area contributed by atoms with Crippen LogP contribution in [0.2, 0.25) is 5.02 Å². The lowest BCUT2D eigenvalue weighted by Crippen LogP contribution is -2.54. The number of piperazine rings is 1. The van der Waals surface area contributed by atoms with Crippen LogP contribution in [0.5, 0.6) is 0 Å². The molecule has 1 aliphatic heterocycles. The van der Waals surface area contributed by atoms with Crippen LogP contribution >= 0.6 is 22.9 Å². The number of fused-ring (bicyclic) bond motifs is 1. The van der Waals surface area contributed by atoms with Gasteiger partial charge in [-0.3, -0.25) is 4.90 Å². The Balaban J connectivity index is 1.64. The summed E-state index contributed by atoms with van der Waals surface area (Å²) in [7, 11) is 1.39. The molecule has 8 nitrogen and oxygen atoms in total. The predicted octanol–water partition coefficient (Wildman–Crippen LogP) is 7.33. The molecule has 2 aromatic carbocycles. The van der Waals surface area contributed by atoms with Gasteiger partial charge in [0.05, 0.1) is 22.9 Å². The minimum atomic E-state index is -0.928. The van der Waals surface area contributed by atoms with E-state index in [4.69, 9.17) is 31.0 Å². The SMILES string of the molecule is COC(=O)C(OC(C)(C)C)c1c(C)cc2nc(-c3ccnc(N4CCN(C(C)C)C[C@H]4C)n3)sc2c1-c1ccc(Cl)cc1. The number of aromatic nitrogens is 3. The zero-order valence-electron chi connectivity index (χ0n) is 26.1. The summed E-state index contributed by atoms with van der Waals surface area (Å²) in [6.07, 6.45) is 0.884. The van der Waals surface area contributed by atoms with Gasteiger partial charge < -0.3 is 14.4 Å². The highest BCUT2D eigenvalue weighted by atomic mass is 35.5. The monoisotopic (exact) mass is 621 g/mol. The van der Waals surface area contributed by atoms with Gasteiger partial charge in [0.2, 0.25) is 5.95 Å². The summed E-state index contributed by atoms with van der Waals surface area (Å²) >= 11 is 7.82. The minimum Gasteiger partial charge on any atom is -0.467 e. The average Bonchev–Trinajstić information content (AvgIpc) is 3.38. The van der Waals surface area contributed by atoms with Crippen LogP contribution in [0, 0.1) is 6.92 Å². The van der Waals surface area contributed by atoms with E-state index in [1.807, 2.05) is 70.3 Å². The molecule has 2 aromatic heterocycles. The van der Waals surface area contributed by atoms with Crippen molar-refractivity contribution in [3.8, 4) is 21.8 Å².